The molecule has 2 aromatic carbocycles. The standard InChI is InChI=1S/C21H17ClN4O5/c1-12-15(5-3-8-18(12)26(29)30)19-10-9-14(31-19)11-23-25-21(28)20(27)24-17-7-4-6-16(22)13(17)2/h3-11H,1-2H3,(H,24,27)(H,25,28). The van der Waals surface area contributed by atoms with Crippen molar-refractivity contribution in [3.05, 3.63) is 80.6 Å². The summed E-state index contributed by atoms with van der Waals surface area (Å²) in [4.78, 5) is 34.6. The number of carbonyl (C=O) groups excluding carboxylic acids is 2. The number of amides is 2. The summed E-state index contributed by atoms with van der Waals surface area (Å²) in [5.74, 6) is -1.19. The zero-order chi connectivity index (χ0) is 22.5. The summed E-state index contributed by atoms with van der Waals surface area (Å²) in [6, 6.07) is 12.8. The highest BCUT2D eigenvalue weighted by Gasteiger charge is 2.17. The molecule has 3 aromatic rings. The molecule has 0 atom stereocenters. The Labute approximate surface area is 181 Å². The highest BCUT2D eigenvalue weighted by atomic mass is 35.5. The molecule has 0 radical (unpaired) electrons. The average molecular weight is 441 g/mol. The molecule has 10 heteroatoms. The average Bonchev–Trinajstić information content (AvgIpc) is 3.19. The molecule has 1 aromatic heterocycles. The van der Waals surface area contributed by atoms with Crippen molar-refractivity contribution in [2.24, 2.45) is 5.10 Å². The minimum Gasteiger partial charge on any atom is -0.455 e. The van der Waals surface area contributed by atoms with Crippen molar-refractivity contribution in [3.8, 4) is 11.3 Å². The number of anilines is 1. The van der Waals surface area contributed by atoms with Gasteiger partial charge in [-0.05, 0) is 43.7 Å². The molecule has 158 valence electrons. The maximum absolute atomic E-state index is 12.0. The molecule has 0 bridgehead atoms. The van der Waals surface area contributed by atoms with E-state index >= 15 is 0 Å². The molecule has 3 rings (SSSR count). The molecule has 0 aliphatic carbocycles. The van der Waals surface area contributed by atoms with Crippen molar-refractivity contribution in [3.63, 3.8) is 0 Å². The van der Waals surface area contributed by atoms with E-state index in [1.807, 2.05) is 0 Å². The molecular weight excluding hydrogens is 424 g/mol. The number of hydrazone groups is 1. The van der Waals surface area contributed by atoms with Crippen LogP contribution in [0.15, 0.2) is 58.0 Å². The van der Waals surface area contributed by atoms with Gasteiger partial charge < -0.3 is 9.73 Å². The fourth-order valence-electron chi connectivity index (χ4n) is 2.78. The van der Waals surface area contributed by atoms with Crippen LogP contribution < -0.4 is 10.7 Å². The minimum absolute atomic E-state index is 0.0164. The number of nitro groups is 1. The summed E-state index contributed by atoms with van der Waals surface area (Å²) in [7, 11) is 0. The predicted molar refractivity (Wildman–Crippen MR) is 116 cm³/mol. The lowest BCUT2D eigenvalue weighted by Gasteiger charge is -2.08. The summed E-state index contributed by atoms with van der Waals surface area (Å²) < 4.78 is 5.61. The first-order chi connectivity index (χ1) is 14.8. The van der Waals surface area contributed by atoms with Crippen molar-refractivity contribution in [1.82, 2.24) is 5.43 Å². The number of nitrogens with one attached hydrogen (secondary N) is 2. The Bertz CT molecular complexity index is 1200. The monoisotopic (exact) mass is 440 g/mol. The van der Waals surface area contributed by atoms with E-state index in [0.717, 1.165) is 0 Å². The van der Waals surface area contributed by atoms with E-state index in [1.165, 1.54) is 12.3 Å². The highest BCUT2D eigenvalue weighted by molar-refractivity contribution is 6.40. The fraction of sp³-hybridized carbons (Fsp3) is 0.0952. The van der Waals surface area contributed by atoms with Crippen LogP contribution in [0.3, 0.4) is 0 Å². The lowest BCUT2D eigenvalue weighted by Crippen LogP contribution is -2.32. The minimum atomic E-state index is -0.975. The smallest absolute Gasteiger partial charge is 0.329 e. The highest BCUT2D eigenvalue weighted by Crippen LogP contribution is 2.30. The zero-order valence-electron chi connectivity index (χ0n) is 16.5. The number of hydrogen-bond acceptors (Lipinski definition) is 6. The summed E-state index contributed by atoms with van der Waals surface area (Å²) >= 11 is 5.99. The molecule has 0 fully saturated rings. The Morgan fingerprint density at radius 2 is 1.81 bits per heavy atom. The number of hydrogen-bond donors (Lipinski definition) is 2. The Morgan fingerprint density at radius 1 is 1.06 bits per heavy atom. The fourth-order valence-corrected chi connectivity index (χ4v) is 2.96. The molecule has 9 nitrogen and oxygen atoms in total. The summed E-state index contributed by atoms with van der Waals surface area (Å²) in [5, 5.41) is 17.7. The van der Waals surface area contributed by atoms with Gasteiger partial charge in [0.05, 0.1) is 11.1 Å². The Kier molecular flexibility index (Phi) is 6.46. The van der Waals surface area contributed by atoms with Crippen molar-refractivity contribution in [2.75, 3.05) is 5.32 Å². The molecule has 2 amide bonds. The van der Waals surface area contributed by atoms with E-state index in [9.17, 15) is 19.7 Å². The SMILES string of the molecule is Cc1c(Cl)cccc1NC(=O)C(=O)NN=Cc1ccc(-c2cccc([N+](=O)[O-])c2C)o1. The number of benzene rings is 2. The van der Waals surface area contributed by atoms with Gasteiger partial charge in [0.1, 0.15) is 11.5 Å². The van der Waals surface area contributed by atoms with Gasteiger partial charge in [-0.3, -0.25) is 19.7 Å². The molecule has 0 unspecified atom stereocenters. The number of furan rings is 1. The first-order valence-corrected chi connectivity index (χ1v) is 9.39. The number of halogens is 1. The van der Waals surface area contributed by atoms with E-state index in [-0.39, 0.29) is 11.4 Å². The molecule has 2 N–H and O–H groups in total. The van der Waals surface area contributed by atoms with Crippen molar-refractivity contribution in [1.29, 1.82) is 0 Å². The van der Waals surface area contributed by atoms with E-state index in [2.05, 4.69) is 15.8 Å². The van der Waals surface area contributed by atoms with Crippen LogP contribution in [-0.2, 0) is 9.59 Å². The Balaban J connectivity index is 1.65. The van der Waals surface area contributed by atoms with Crippen molar-refractivity contribution < 1.29 is 18.9 Å². The van der Waals surface area contributed by atoms with Crippen LogP contribution >= 0.6 is 11.6 Å². The van der Waals surface area contributed by atoms with Gasteiger partial charge in [0.25, 0.3) is 5.69 Å². The van der Waals surface area contributed by atoms with Gasteiger partial charge in [-0.1, -0.05) is 29.8 Å². The van der Waals surface area contributed by atoms with Gasteiger partial charge >= 0.3 is 11.8 Å². The quantitative estimate of drug-likeness (QED) is 0.266. The largest absolute Gasteiger partial charge is 0.455 e. The van der Waals surface area contributed by atoms with Crippen LogP contribution in [-0.4, -0.2) is 23.0 Å². The Hall–Kier alpha value is -3.98. The van der Waals surface area contributed by atoms with Gasteiger partial charge in [0.2, 0.25) is 0 Å². The molecular formula is C21H17ClN4O5. The number of rotatable bonds is 5. The summed E-state index contributed by atoms with van der Waals surface area (Å²) in [6.07, 6.45) is 1.21. The first kappa shape index (κ1) is 21.7. The van der Waals surface area contributed by atoms with Crippen molar-refractivity contribution in [2.45, 2.75) is 13.8 Å². The second kappa shape index (κ2) is 9.23. The normalized spacial score (nSPS) is 10.8. The van der Waals surface area contributed by atoms with E-state index in [4.69, 9.17) is 16.0 Å². The topological polar surface area (TPSA) is 127 Å². The van der Waals surface area contributed by atoms with Gasteiger partial charge in [-0.15, -0.1) is 0 Å². The second-order valence-electron chi connectivity index (χ2n) is 6.47. The number of nitrogens with zero attached hydrogens (tertiary/aromatic N) is 2. The van der Waals surface area contributed by atoms with E-state index in [0.29, 0.717) is 33.2 Å². The third-order valence-electron chi connectivity index (χ3n) is 4.47. The molecule has 0 saturated carbocycles. The molecule has 0 aliphatic heterocycles. The predicted octanol–water partition coefficient (Wildman–Crippen LogP) is 4.21. The number of carbonyl (C=O) groups is 2. The summed E-state index contributed by atoms with van der Waals surface area (Å²) in [6.45, 7) is 3.34. The zero-order valence-corrected chi connectivity index (χ0v) is 17.3. The lowest BCUT2D eigenvalue weighted by molar-refractivity contribution is -0.385. The third-order valence-corrected chi connectivity index (χ3v) is 4.88. The van der Waals surface area contributed by atoms with Gasteiger partial charge in [-0.25, -0.2) is 5.43 Å². The summed E-state index contributed by atoms with van der Waals surface area (Å²) in [5.41, 5.74) is 4.17. The van der Waals surface area contributed by atoms with Gasteiger partial charge in [0.15, 0.2) is 0 Å². The van der Waals surface area contributed by atoms with E-state index < -0.39 is 16.7 Å². The molecule has 1 heterocycles. The van der Waals surface area contributed by atoms with Crippen LogP contribution in [0.4, 0.5) is 11.4 Å². The van der Waals surface area contributed by atoms with Crippen LogP contribution in [0.5, 0.6) is 0 Å². The van der Waals surface area contributed by atoms with Crippen molar-refractivity contribution >= 4 is 41.0 Å². The molecule has 31 heavy (non-hydrogen) atoms. The maximum Gasteiger partial charge on any atom is 0.329 e. The first-order valence-electron chi connectivity index (χ1n) is 9.01. The number of nitro benzene ring substituents is 1. The third kappa shape index (κ3) is 4.96. The van der Waals surface area contributed by atoms with Crippen LogP contribution in [0.1, 0.15) is 16.9 Å². The Morgan fingerprint density at radius 3 is 2.55 bits per heavy atom. The lowest BCUT2D eigenvalue weighted by atomic mass is 10.1. The molecule has 0 spiro atoms. The van der Waals surface area contributed by atoms with E-state index in [1.54, 1.807) is 56.3 Å². The maximum atomic E-state index is 12.0. The molecule has 0 aliphatic rings. The second-order valence-corrected chi connectivity index (χ2v) is 6.88. The van der Waals surface area contributed by atoms with Crippen LogP contribution in [0.2, 0.25) is 5.02 Å². The van der Waals surface area contributed by atoms with Crippen LogP contribution in [0.25, 0.3) is 11.3 Å². The van der Waals surface area contributed by atoms with Gasteiger partial charge in [0, 0.05) is 27.9 Å². The molecule has 0 saturated heterocycles. The van der Waals surface area contributed by atoms with Crippen LogP contribution in [0, 0.1) is 24.0 Å². The van der Waals surface area contributed by atoms with Gasteiger partial charge in [-0.2, -0.15) is 5.10 Å².